The van der Waals surface area contributed by atoms with E-state index in [1.165, 1.54) is 12.1 Å². The molecule has 3 aromatic rings. The lowest BCUT2D eigenvalue weighted by Crippen LogP contribution is -2.11. The molecule has 4 rings (SSSR count). The van der Waals surface area contributed by atoms with Crippen LogP contribution in [0, 0.1) is 11.3 Å². The summed E-state index contributed by atoms with van der Waals surface area (Å²) in [5.74, 6) is -0.869. The number of rotatable bonds is 3. The Morgan fingerprint density at radius 3 is 2.69 bits per heavy atom. The topological polar surface area (TPSA) is 130 Å². The lowest BCUT2D eigenvalue weighted by Gasteiger charge is -2.09. The molecular formula is C20H19ClN6O2. The average Bonchev–Trinajstić information content (AvgIpc) is 2.97. The number of pyridine rings is 1. The van der Waals surface area contributed by atoms with Crippen LogP contribution in [0.25, 0.3) is 22.5 Å². The van der Waals surface area contributed by atoms with Gasteiger partial charge in [-0.1, -0.05) is 12.1 Å². The van der Waals surface area contributed by atoms with E-state index in [0.29, 0.717) is 22.5 Å². The highest BCUT2D eigenvalue weighted by Crippen LogP contribution is 2.31. The molecule has 8 nitrogen and oxygen atoms in total. The zero-order chi connectivity index (χ0) is 19.7. The van der Waals surface area contributed by atoms with Crippen LogP contribution < -0.4 is 11.1 Å². The molecule has 0 aliphatic carbocycles. The number of carboxylic acid groups (broad SMARTS) is 1. The maximum Gasteiger partial charge on any atom is 0.335 e. The van der Waals surface area contributed by atoms with Crippen molar-refractivity contribution in [2.24, 2.45) is 0 Å². The SMILES string of the molecule is Cl.N#Cc1c(-c2cc3n(n2)CCCNC3)cc(-c2ccc(C(=O)O)cc2)nc1N. The van der Waals surface area contributed by atoms with Gasteiger partial charge in [0, 0.05) is 24.2 Å². The molecule has 9 heteroatoms. The molecule has 1 aromatic carbocycles. The third kappa shape index (κ3) is 3.92. The van der Waals surface area contributed by atoms with E-state index in [0.717, 1.165) is 31.7 Å². The first-order valence-corrected chi connectivity index (χ1v) is 8.89. The average molecular weight is 411 g/mol. The van der Waals surface area contributed by atoms with Gasteiger partial charge in [-0.05, 0) is 37.2 Å². The molecule has 4 N–H and O–H groups in total. The highest BCUT2D eigenvalue weighted by molar-refractivity contribution is 5.88. The van der Waals surface area contributed by atoms with Crippen LogP contribution in [0.5, 0.6) is 0 Å². The quantitative estimate of drug-likeness (QED) is 0.605. The molecule has 1 aliphatic heterocycles. The predicted molar refractivity (Wildman–Crippen MR) is 111 cm³/mol. The summed E-state index contributed by atoms with van der Waals surface area (Å²) in [6, 6.07) is 12.2. The number of nitrogen functional groups attached to an aromatic ring is 1. The highest BCUT2D eigenvalue weighted by Gasteiger charge is 2.18. The Balaban J connectivity index is 0.00000240. The number of nitriles is 1. The Labute approximate surface area is 173 Å². The minimum atomic E-state index is -0.993. The predicted octanol–water partition coefficient (Wildman–Crippen LogP) is 2.68. The second-order valence-corrected chi connectivity index (χ2v) is 6.58. The number of nitrogens with one attached hydrogen (secondary N) is 1. The summed E-state index contributed by atoms with van der Waals surface area (Å²) in [5.41, 5.74) is 10.2. The van der Waals surface area contributed by atoms with Crippen LogP contribution in [-0.4, -0.2) is 32.4 Å². The van der Waals surface area contributed by atoms with Gasteiger partial charge in [-0.25, -0.2) is 9.78 Å². The van der Waals surface area contributed by atoms with Gasteiger partial charge >= 0.3 is 5.97 Å². The van der Waals surface area contributed by atoms with Crippen LogP contribution in [0.4, 0.5) is 5.82 Å². The molecule has 0 radical (unpaired) electrons. The van der Waals surface area contributed by atoms with E-state index in [1.54, 1.807) is 18.2 Å². The maximum absolute atomic E-state index is 11.1. The molecule has 29 heavy (non-hydrogen) atoms. The minimum Gasteiger partial charge on any atom is -0.478 e. The van der Waals surface area contributed by atoms with E-state index in [4.69, 9.17) is 10.8 Å². The Bertz CT molecular complexity index is 1080. The number of aromatic nitrogens is 3. The zero-order valence-corrected chi connectivity index (χ0v) is 16.2. The fraction of sp³-hybridized carbons (Fsp3) is 0.200. The summed E-state index contributed by atoms with van der Waals surface area (Å²) in [6.45, 7) is 2.48. The van der Waals surface area contributed by atoms with Crippen molar-refractivity contribution in [1.29, 1.82) is 5.26 Å². The first-order valence-electron chi connectivity index (χ1n) is 8.89. The molecule has 0 atom stereocenters. The summed E-state index contributed by atoms with van der Waals surface area (Å²) < 4.78 is 1.95. The van der Waals surface area contributed by atoms with Gasteiger partial charge in [0.15, 0.2) is 0 Å². The number of nitrogens with two attached hydrogens (primary N) is 1. The molecule has 0 saturated carbocycles. The van der Waals surface area contributed by atoms with Gasteiger partial charge in [-0.2, -0.15) is 10.4 Å². The third-order valence-electron chi connectivity index (χ3n) is 4.76. The number of aromatic carboxylic acids is 1. The number of halogens is 1. The van der Waals surface area contributed by atoms with Crippen molar-refractivity contribution in [1.82, 2.24) is 20.1 Å². The lowest BCUT2D eigenvalue weighted by atomic mass is 10.0. The van der Waals surface area contributed by atoms with Gasteiger partial charge in [0.1, 0.15) is 17.5 Å². The number of benzene rings is 1. The van der Waals surface area contributed by atoms with Gasteiger partial charge in [-0.3, -0.25) is 4.68 Å². The summed E-state index contributed by atoms with van der Waals surface area (Å²) in [5, 5.41) is 26.7. The van der Waals surface area contributed by atoms with Crippen LogP contribution in [-0.2, 0) is 13.1 Å². The van der Waals surface area contributed by atoms with Crippen molar-refractivity contribution in [3.63, 3.8) is 0 Å². The number of carbonyl (C=O) groups is 1. The number of aryl methyl sites for hydroxylation is 1. The number of fused-ring (bicyclic) bond motifs is 1. The molecule has 0 fully saturated rings. The minimum absolute atomic E-state index is 0. The largest absolute Gasteiger partial charge is 0.478 e. The smallest absolute Gasteiger partial charge is 0.335 e. The van der Waals surface area contributed by atoms with Crippen LogP contribution >= 0.6 is 12.4 Å². The molecule has 0 unspecified atom stereocenters. The van der Waals surface area contributed by atoms with Crippen molar-refractivity contribution in [3.8, 4) is 28.6 Å². The summed E-state index contributed by atoms with van der Waals surface area (Å²) in [4.78, 5) is 15.4. The monoisotopic (exact) mass is 410 g/mol. The van der Waals surface area contributed by atoms with E-state index in [-0.39, 0.29) is 29.4 Å². The Hall–Kier alpha value is -3.41. The van der Waals surface area contributed by atoms with Gasteiger partial charge in [0.2, 0.25) is 0 Å². The second kappa shape index (κ2) is 8.31. The first-order chi connectivity index (χ1) is 13.6. The zero-order valence-electron chi connectivity index (χ0n) is 15.4. The van der Waals surface area contributed by atoms with Gasteiger partial charge in [-0.15, -0.1) is 12.4 Å². The summed E-state index contributed by atoms with van der Waals surface area (Å²) in [7, 11) is 0. The maximum atomic E-state index is 11.1. The van der Waals surface area contributed by atoms with Crippen LogP contribution in [0.1, 0.15) is 28.0 Å². The van der Waals surface area contributed by atoms with Gasteiger partial charge < -0.3 is 16.2 Å². The van der Waals surface area contributed by atoms with Crippen molar-refractivity contribution >= 4 is 24.2 Å². The molecular weight excluding hydrogens is 392 g/mol. The number of hydrogen-bond donors (Lipinski definition) is 3. The Morgan fingerprint density at radius 1 is 1.24 bits per heavy atom. The van der Waals surface area contributed by atoms with Gasteiger partial charge in [0.25, 0.3) is 0 Å². The van der Waals surface area contributed by atoms with E-state index in [1.807, 2.05) is 10.7 Å². The van der Waals surface area contributed by atoms with E-state index < -0.39 is 5.97 Å². The molecule has 0 bridgehead atoms. The third-order valence-corrected chi connectivity index (χ3v) is 4.76. The normalized spacial score (nSPS) is 12.9. The van der Waals surface area contributed by atoms with Crippen molar-refractivity contribution in [3.05, 3.63) is 53.2 Å². The van der Waals surface area contributed by atoms with Gasteiger partial charge in [0.05, 0.1) is 22.6 Å². The highest BCUT2D eigenvalue weighted by atomic mass is 35.5. The molecule has 2 aromatic heterocycles. The number of carboxylic acids is 1. The summed E-state index contributed by atoms with van der Waals surface area (Å²) >= 11 is 0. The first kappa shape index (κ1) is 20.3. The lowest BCUT2D eigenvalue weighted by molar-refractivity contribution is 0.0697. The van der Waals surface area contributed by atoms with Crippen molar-refractivity contribution in [2.75, 3.05) is 12.3 Å². The molecule has 3 heterocycles. The Kier molecular flexibility index (Phi) is 5.82. The van der Waals surface area contributed by atoms with Crippen LogP contribution in [0.2, 0.25) is 0 Å². The van der Waals surface area contributed by atoms with Crippen LogP contribution in [0.3, 0.4) is 0 Å². The molecule has 1 aliphatic rings. The number of anilines is 1. The Morgan fingerprint density at radius 2 is 2.00 bits per heavy atom. The van der Waals surface area contributed by atoms with Crippen molar-refractivity contribution < 1.29 is 9.90 Å². The van der Waals surface area contributed by atoms with Crippen molar-refractivity contribution in [2.45, 2.75) is 19.5 Å². The molecule has 0 spiro atoms. The molecule has 0 saturated heterocycles. The van der Waals surface area contributed by atoms with E-state index >= 15 is 0 Å². The standard InChI is InChI=1S/C20H18N6O2.ClH/c21-10-16-15(18-8-14-11-23-6-1-7-26(14)25-18)9-17(24-19(16)22)12-2-4-13(5-3-12)20(27)28;/h2-5,8-9,23H,1,6-7,11H2,(H2,22,24)(H,27,28);1H. The second-order valence-electron chi connectivity index (χ2n) is 6.58. The van der Waals surface area contributed by atoms with E-state index in [2.05, 4.69) is 21.5 Å². The summed E-state index contributed by atoms with van der Waals surface area (Å²) in [6.07, 6.45) is 0.985. The fourth-order valence-electron chi connectivity index (χ4n) is 3.31. The van der Waals surface area contributed by atoms with Crippen LogP contribution in [0.15, 0.2) is 36.4 Å². The van der Waals surface area contributed by atoms with E-state index in [9.17, 15) is 10.1 Å². The molecule has 0 amide bonds. The number of hydrogen-bond acceptors (Lipinski definition) is 6. The fourth-order valence-corrected chi connectivity index (χ4v) is 3.31. The molecule has 148 valence electrons. The number of nitrogens with zero attached hydrogens (tertiary/aromatic N) is 4.